The highest BCUT2D eigenvalue weighted by atomic mass is 32.2. The molecule has 1 amide bonds. The zero-order chi connectivity index (χ0) is 16.8. The van der Waals surface area contributed by atoms with E-state index in [1.165, 1.54) is 4.31 Å². The van der Waals surface area contributed by atoms with Crippen LogP contribution >= 0.6 is 0 Å². The lowest BCUT2D eigenvalue weighted by Crippen LogP contribution is -2.50. The number of nitrogens with two attached hydrogens (primary N) is 1. The molecule has 3 rings (SSSR count). The molecule has 2 aliphatic rings. The number of amides is 1. The van der Waals surface area contributed by atoms with Gasteiger partial charge >= 0.3 is 0 Å². The lowest BCUT2D eigenvalue weighted by Gasteiger charge is -2.37. The van der Waals surface area contributed by atoms with Gasteiger partial charge in [0.15, 0.2) is 0 Å². The van der Waals surface area contributed by atoms with Crippen LogP contribution in [0.5, 0.6) is 0 Å². The molecule has 2 atom stereocenters. The molecule has 3 N–H and O–H groups in total. The summed E-state index contributed by atoms with van der Waals surface area (Å²) < 4.78 is 14.1. The highest BCUT2D eigenvalue weighted by molar-refractivity contribution is 7.98. The van der Waals surface area contributed by atoms with Crippen molar-refractivity contribution in [2.75, 3.05) is 18.1 Å². The predicted octanol–water partition coefficient (Wildman–Crippen LogP) is 1.14. The van der Waals surface area contributed by atoms with E-state index in [1.54, 1.807) is 7.05 Å². The largest absolute Gasteiger partial charge is 0.369 e. The SMILES string of the molecule is C=S1(=O)C[C@@](C)(c2cccc(NC(=O)C3CC3)c2)N=C(N)N1C. The second-order valence-electron chi connectivity index (χ2n) is 6.50. The van der Waals surface area contributed by atoms with Crippen molar-refractivity contribution in [3.05, 3.63) is 29.8 Å². The van der Waals surface area contributed by atoms with Crippen LogP contribution in [0.2, 0.25) is 0 Å². The number of guanidine groups is 1. The van der Waals surface area contributed by atoms with E-state index in [-0.39, 0.29) is 23.5 Å². The number of nitrogens with one attached hydrogen (secondary N) is 1. The van der Waals surface area contributed by atoms with Gasteiger partial charge < -0.3 is 11.1 Å². The van der Waals surface area contributed by atoms with E-state index in [9.17, 15) is 9.00 Å². The predicted molar refractivity (Wildman–Crippen MR) is 94.7 cm³/mol. The van der Waals surface area contributed by atoms with E-state index in [2.05, 4.69) is 16.2 Å². The van der Waals surface area contributed by atoms with Crippen LogP contribution < -0.4 is 11.1 Å². The maximum Gasteiger partial charge on any atom is 0.227 e. The molecule has 1 saturated carbocycles. The molecule has 1 unspecified atom stereocenters. The summed E-state index contributed by atoms with van der Waals surface area (Å²) in [6.45, 7) is 1.89. The molecule has 1 aliphatic carbocycles. The van der Waals surface area contributed by atoms with Crippen LogP contribution in [0, 0.1) is 5.92 Å². The van der Waals surface area contributed by atoms with Gasteiger partial charge in [-0.1, -0.05) is 12.1 Å². The van der Waals surface area contributed by atoms with Crippen LogP contribution in [0.15, 0.2) is 29.3 Å². The minimum atomic E-state index is -2.52. The number of nitrogens with zero attached hydrogens (tertiary/aromatic N) is 2. The van der Waals surface area contributed by atoms with Crippen molar-refractivity contribution in [3.63, 3.8) is 0 Å². The van der Waals surface area contributed by atoms with Crippen LogP contribution in [0.1, 0.15) is 25.3 Å². The van der Waals surface area contributed by atoms with E-state index in [1.807, 2.05) is 31.2 Å². The van der Waals surface area contributed by atoms with Crippen molar-refractivity contribution in [1.82, 2.24) is 4.31 Å². The fourth-order valence-electron chi connectivity index (χ4n) is 2.73. The summed E-state index contributed by atoms with van der Waals surface area (Å²) in [5.74, 6) is 4.49. The first-order chi connectivity index (χ1) is 10.7. The summed E-state index contributed by atoms with van der Waals surface area (Å²) in [4.78, 5) is 16.4. The van der Waals surface area contributed by atoms with Crippen molar-refractivity contribution in [2.24, 2.45) is 16.6 Å². The van der Waals surface area contributed by atoms with Gasteiger partial charge in [-0.25, -0.2) is 9.20 Å². The molecule has 7 heteroatoms. The van der Waals surface area contributed by atoms with Gasteiger partial charge in [0.2, 0.25) is 11.9 Å². The summed E-state index contributed by atoms with van der Waals surface area (Å²) >= 11 is 0. The number of carbonyl (C=O) groups is 1. The number of benzene rings is 1. The second kappa shape index (κ2) is 5.26. The number of rotatable bonds is 3. The summed E-state index contributed by atoms with van der Waals surface area (Å²) in [7, 11) is -0.877. The average molecular weight is 334 g/mol. The Morgan fingerprint density at radius 2 is 2.22 bits per heavy atom. The highest BCUT2D eigenvalue weighted by Gasteiger charge is 2.37. The van der Waals surface area contributed by atoms with Crippen LogP contribution in [0.3, 0.4) is 0 Å². The molecule has 0 saturated heterocycles. The molecule has 1 aromatic carbocycles. The monoisotopic (exact) mass is 334 g/mol. The number of carbonyl (C=O) groups excluding carboxylic acids is 1. The molecular formula is C16H22N4O2S. The molecule has 0 spiro atoms. The van der Waals surface area contributed by atoms with Crippen LogP contribution in [0.25, 0.3) is 0 Å². The average Bonchev–Trinajstić information content (AvgIpc) is 3.29. The number of aliphatic imine (C=N–C) groups is 1. The molecule has 23 heavy (non-hydrogen) atoms. The minimum Gasteiger partial charge on any atom is -0.369 e. The van der Waals surface area contributed by atoms with Gasteiger partial charge in [0.25, 0.3) is 0 Å². The summed E-state index contributed by atoms with van der Waals surface area (Å²) in [6.07, 6.45) is 1.92. The third kappa shape index (κ3) is 3.06. The molecule has 1 aromatic rings. The number of hydrogen-bond acceptors (Lipinski definition) is 4. The molecule has 1 aliphatic heterocycles. The van der Waals surface area contributed by atoms with Gasteiger partial charge in [0, 0.05) is 18.7 Å². The zero-order valence-electron chi connectivity index (χ0n) is 13.4. The van der Waals surface area contributed by atoms with Gasteiger partial charge in [-0.3, -0.25) is 9.10 Å². The maximum atomic E-state index is 12.7. The first-order valence-electron chi connectivity index (χ1n) is 7.57. The Kier molecular flexibility index (Phi) is 3.63. The van der Waals surface area contributed by atoms with Crippen LogP contribution in [-0.4, -0.2) is 39.1 Å². The Morgan fingerprint density at radius 3 is 2.83 bits per heavy atom. The van der Waals surface area contributed by atoms with Gasteiger partial charge in [-0.2, -0.15) is 0 Å². The van der Waals surface area contributed by atoms with Crippen molar-refractivity contribution >= 4 is 33.1 Å². The topological polar surface area (TPSA) is 87.8 Å². The Morgan fingerprint density at radius 1 is 1.52 bits per heavy atom. The first kappa shape index (κ1) is 15.9. The summed E-state index contributed by atoms with van der Waals surface area (Å²) in [6, 6.07) is 7.48. The maximum absolute atomic E-state index is 12.7. The van der Waals surface area contributed by atoms with Crippen molar-refractivity contribution in [1.29, 1.82) is 0 Å². The number of hydrogen-bond donors (Lipinski definition) is 2. The molecule has 1 heterocycles. The van der Waals surface area contributed by atoms with Gasteiger partial charge in [-0.15, -0.1) is 0 Å². The lowest BCUT2D eigenvalue weighted by molar-refractivity contribution is -0.117. The van der Waals surface area contributed by atoms with Gasteiger partial charge in [-0.05, 0) is 43.3 Å². The third-order valence-electron chi connectivity index (χ3n) is 4.39. The standard InChI is InChI=1S/C16H22N4O2S/c1-16(10-23(3,22)20(2)15(17)19-16)12-5-4-6-13(9-12)18-14(21)11-7-8-11/h4-6,9,11H,3,7-8,10H2,1-2H3,(H2,17,19)(H,18,21)/t16-,23?/m0/s1. The normalized spacial score (nSPS) is 30.7. The van der Waals surface area contributed by atoms with Gasteiger partial charge in [0.05, 0.1) is 21.0 Å². The Bertz CT molecular complexity index is 783. The molecule has 0 radical (unpaired) electrons. The molecule has 1 fully saturated rings. The van der Waals surface area contributed by atoms with E-state index >= 15 is 0 Å². The van der Waals surface area contributed by atoms with E-state index in [4.69, 9.17) is 5.73 Å². The molecule has 0 bridgehead atoms. The van der Waals surface area contributed by atoms with Crippen LogP contribution in [-0.2, 0) is 20.0 Å². The Labute approximate surface area is 136 Å². The quantitative estimate of drug-likeness (QED) is 0.813. The smallest absolute Gasteiger partial charge is 0.227 e. The third-order valence-corrected chi connectivity index (χ3v) is 6.59. The highest BCUT2D eigenvalue weighted by Crippen LogP contribution is 2.34. The summed E-state index contributed by atoms with van der Waals surface area (Å²) in [5, 5.41) is 2.93. The molecule has 124 valence electrons. The zero-order valence-corrected chi connectivity index (χ0v) is 14.2. The van der Waals surface area contributed by atoms with Crippen molar-refractivity contribution in [3.8, 4) is 0 Å². The second-order valence-corrected chi connectivity index (χ2v) is 8.88. The van der Waals surface area contributed by atoms with Crippen molar-refractivity contribution in [2.45, 2.75) is 25.3 Å². The Balaban J connectivity index is 1.93. The lowest BCUT2D eigenvalue weighted by atomic mass is 9.94. The summed E-state index contributed by atoms with van der Waals surface area (Å²) in [5.41, 5.74) is 6.78. The van der Waals surface area contributed by atoms with E-state index < -0.39 is 15.2 Å². The first-order valence-corrected chi connectivity index (χ1v) is 9.42. The minimum absolute atomic E-state index is 0.0552. The van der Waals surface area contributed by atoms with Gasteiger partial charge in [0.1, 0.15) is 0 Å². The van der Waals surface area contributed by atoms with E-state index in [0.717, 1.165) is 24.1 Å². The number of anilines is 1. The fraction of sp³-hybridized carbons (Fsp3) is 0.438. The molecule has 6 nitrogen and oxygen atoms in total. The van der Waals surface area contributed by atoms with E-state index in [0.29, 0.717) is 0 Å². The Hall–Kier alpha value is -2.02. The fourth-order valence-corrected chi connectivity index (χ4v) is 4.42. The molecular weight excluding hydrogens is 312 g/mol. The molecule has 0 aromatic heterocycles. The van der Waals surface area contributed by atoms with Crippen LogP contribution in [0.4, 0.5) is 5.69 Å². The van der Waals surface area contributed by atoms with Crippen molar-refractivity contribution < 1.29 is 9.00 Å².